The van der Waals surface area contributed by atoms with Crippen molar-refractivity contribution in [1.29, 1.82) is 0 Å². The third-order valence-corrected chi connectivity index (χ3v) is 3.11. The molecule has 2 aromatic heterocycles. The Hall–Kier alpha value is -1.20. The Bertz CT molecular complexity index is 470. The molecule has 0 aliphatic rings. The fraction of sp³-hybridized carbons (Fsp3) is 0. The van der Waals surface area contributed by atoms with E-state index in [4.69, 9.17) is 4.74 Å². The Morgan fingerprint density at radius 1 is 1.47 bits per heavy atom. The molecule has 0 amide bonds. The molecule has 0 aliphatic heterocycles. The van der Waals surface area contributed by atoms with E-state index in [-0.39, 0.29) is 5.97 Å². The number of ether oxygens (including phenoxy) is 1. The van der Waals surface area contributed by atoms with Gasteiger partial charge in [-0.2, -0.15) is 0 Å². The highest BCUT2D eigenvalue weighted by Gasteiger charge is 2.10. The van der Waals surface area contributed by atoms with Gasteiger partial charge in [-0.3, -0.25) is 4.98 Å². The number of hydrogen-bond donors (Lipinski definition) is 0. The first-order valence-electron chi connectivity index (χ1n) is 4.12. The summed E-state index contributed by atoms with van der Waals surface area (Å²) in [4.78, 5) is 16.0. The van der Waals surface area contributed by atoms with Crippen LogP contribution in [0.2, 0.25) is 0 Å². The van der Waals surface area contributed by atoms with Crippen LogP contribution in [0.1, 0.15) is 9.67 Å². The predicted molar refractivity (Wildman–Crippen MR) is 61.2 cm³/mol. The molecule has 76 valence electrons. The fourth-order valence-corrected chi connectivity index (χ4v) is 1.92. The number of aromatic nitrogens is 1. The Morgan fingerprint density at radius 3 is 3.00 bits per heavy atom. The monoisotopic (exact) mass is 283 g/mol. The highest BCUT2D eigenvalue weighted by Crippen LogP contribution is 2.24. The van der Waals surface area contributed by atoms with Crippen molar-refractivity contribution in [1.82, 2.24) is 4.98 Å². The molecule has 0 saturated heterocycles. The number of rotatable bonds is 2. The van der Waals surface area contributed by atoms with Gasteiger partial charge in [0.05, 0.1) is 4.47 Å². The van der Waals surface area contributed by atoms with Gasteiger partial charge < -0.3 is 4.74 Å². The zero-order chi connectivity index (χ0) is 10.7. The minimum Gasteiger partial charge on any atom is -0.421 e. The minimum atomic E-state index is -0.350. The Kier molecular flexibility index (Phi) is 3.13. The standard InChI is InChI=1S/C10H6BrNO2S/c11-7-6-12-4-3-8(7)14-10(13)9-2-1-5-15-9/h1-6H. The average Bonchev–Trinajstić information content (AvgIpc) is 2.74. The van der Waals surface area contributed by atoms with Gasteiger partial charge in [0.1, 0.15) is 10.6 Å². The van der Waals surface area contributed by atoms with Crippen molar-refractivity contribution in [2.75, 3.05) is 0 Å². The molecule has 0 aliphatic carbocycles. The highest BCUT2D eigenvalue weighted by molar-refractivity contribution is 9.10. The third-order valence-electron chi connectivity index (χ3n) is 1.66. The fourth-order valence-electron chi connectivity index (χ4n) is 0.990. The van der Waals surface area contributed by atoms with Gasteiger partial charge in [-0.25, -0.2) is 4.79 Å². The maximum atomic E-state index is 11.6. The third kappa shape index (κ3) is 2.43. The topological polar surface area (TPSA) is 39.2 Å². The van der Waals surface area contributed by atoms with E-state index >= 15 is 0 Å². The quantitative estimate of drug-likeness (QED) is 0.795. The van der Waals surface area contributed by atoms with E-state index in [2.05, 4.69) is 20.9 Å². The largest absolute Gasteiger partial charge is 0.421 e. The molecule has 0 bridgehead atoms. The van der Waals surface area contributed by atoms with Gasteiger partial charge in [-0.15, -0.1) is 11.3 Å². The molecule has 0 spiro atoms. The van der Waals surface area contributed by atoms with Crippen molar-refractivity contribution in [2.24, 2.45) is 0 Å². The zero-order valence-electron chi connectivity index (χ0n) is 7.51. The number of thiophene rings is 1. The number of carbonyl (C=O) groups excluding carboxylic acids is 1. The molecule has 0 fully saturated rings. The van der Waals surface area contributed by atoms with Crippen LogP contribution in [0.15, 0.2) is 40.4 Å². The zero-order valence-corrected chi connectivity index (χ0v) is 9.92. The Morgan fingerprint density at radius 2 is 2.33 bits per heavy atom. The molecular weight excluding hydrogens is 278 g/mol. The lowest BCUT2D eigenvalue weighted by Crippen LogP contribution is -2.06. The molecule has 15 heavy (non-hydrogen) atoms. The van der Waals surface area contributed by atoms with Crippen molar-refractivity contribution in [3.05, 3.63) is 45.3 Å². The van der Waals surface area contributed by atoms with Crippen molar-refractivity contribution in [2.45, 2.75) is 0 Å². The number of carbonyl (C=O) groups is 1. The number of pyridine rings is 1. The number of hydrogen-bond acceptors (Lipinski definition) is 4. The molecule has 2 rings (SSSR count). The maximum Gasteiger partial charge on any atom is 0.353 e. The number of esters is 1. The SMILES string of the molecule is O=C(Oc1ccncc1Br)c1cccs1. The summed E-state index contributed by atoms with van der Waals surface area (Å²) < 4.78 is 5.84. The van der Waals surface area contributed by atoms with Crippen LogP contribution in [0, 0.1) is 0 Å². The van der Waals surface area contributed by atoms with Crippen LogP contribution in [0.3, 0.4) is 0 Å². The van der Waals surface area contributed by atoms with Crippen molar-refractivity contribution < 1.29 is 9.53 Å². The minimum absolute atomic E-state index is 0.350. The summed E-state index contributed by atoms with van der Waals surface area (Å²) >= 11 is 4.60. The van der Waals surface area contributed by atoms with Gasteiger partial charge in [0.2, 0.25) is 0 Å². The predicted octanol–water partition coefficient (Wildman–Crippen LogP) is 3.12. The molecule has 0 atom stereocenters. The number of nitrogens with zero attached hydrogens (tertiary/aromatic N) is 1. The van der Waals surface area contributed by atoms with Crippen LogP contribution in [-0.2, 0) is 0 Å². The molecular formula is C10H6BrNO2S. The van der Waals surface area contributed by atoms with Gasteiger partial charge in [-0.1, -0.05) is 6.07 Å². The average molecular weight is 284 g/mol. The van der Waals surface area contributed by atoms with Crippen LogP contribution in [0.4, 0.5) is 0 Å². The van der Waals surface area contributed by atoms with Crippen molar-refractivity contribution in [3.8, 4) is 5.75 Å². The molecule has 0 radical (unpaired) electrons. The molecule has 5 heteroatoms. The van der Waals surface area contributed by atoms with E-state index in [9.17, 15) is 4.79 Å². The van der Waals surface area contributed by atoms with Crippen molar-refractivity contribution in [3.63, 3.8) is 0 Å². The Labute approximate surface area is 98.9 Å². The highest BCUT2D eigenvalue weighted by atomic mass is 79.9. The summed E-state index contributed by atoms with van der Waals surface area (Å²) in [6.45, 7) is 0. The van der Waals surface area contributed by atoms with Gasteiger partial charge in [0, 0.05) is 18.5 Å². The first kappa shape index (κ1) is 10.3. The van der Waals surface area contributed by atoms with Gasteiger partial charge in [0.25, 0.3) is 0 Å². The second-order valence-corrected chi connectivity index (χ2v) is 4.47. The van der Waals surface area contributed by atoms with Crippen LogP contribution in [0.25, 0.3) is 0 Å². The normalized spacial score (nSPS) is 9.93. The van der Waals surface area contributed by atoms with E-state index in [1.165, 1.54) is 11.3 Å². The first-order chi connectivity index (χ1) is 7.27. The lowest BCUT2D eigenvalue weighted by Gasteiger charge is -2.03. The van der Waals surface area contributed by atoms with E-state index in [0.717, 1.165) is 0 Å². The second-order valence-electron chi connectivity index (χ2n) is 2.67. The van der Waals surface area contributed by atoms with E-state index in [1.54, 1.807) is 24.5 Å². The van der Waals surface area contributed by atoms with Crippen molar-refractivity contribution >= 4 is 33.2 Å². The molecule has 2 heterocycles. The summed E-state index contributed by atoms with van der Waals surface area (Å²) in [5.41, 5.74) is 0. The van der Waals surface area contributed by atoms with Crippen LogP contribution < -0.4 is 4.74 Å². The molecule has 0 aromatic carbocycles. The van der Waals surface area contributed by atoms with Gasteiger partial charge in [0.15, 0.2) is 0 Å². The Balaban J connectivity index is 2.17. The summed E-state index contributed by atoms with van der Waals surface area (Å²) in [6.07, 6.45) is 3.15. The molecule has 0 N–H and O–H groups in total. The van der Waals surface area contributed by atoms with Crippen LogP contribution >= 0.6 is 27.3 Å². The molecule has 2 aromatic rings. The van der Waals surface area contributed by atoms with E-state index in [0.29, 0.717) is 15.1 Å². The molecule has 0 unspecified atom stereocenters. The number of halogens is 1. The summed E-state index contributed by atoms with van der Waals surface area (Å²) in [5.74, 6) is 0.125. The van der Waals surface area contributed by atoms with E-state index < -0.39 is 0 Å². The van der Waals surface area contributed by atoms with Crippen LogP contribution in [-0.4, -0.2) is 11.0 Å². The maximum absolute atomic E-state index is 11.6. The van der Waals surface area contributed by atoms with Gasteiger partial charge in [-0.05, 0) is 27.4 Å². The van der Waals surface area contributed by atoms with E-state index in [1.807, 2.05) is 11.4 Å². The summed E-state index contributed by atoms with van der Waals surface area (Å²) in [6, 6.07) is 5.17. The molecule has 3 nitrogen and oxygen atoms in total. The summed E-state index contributed by atoms with van der Waals surface area (Å²) in [7, 11) is 0. The summed E-state index contributed by atoms with van der Waals surface area (Å²) in [5, 5.41) is 1.83. The molecule has 0 saturated carbocycles. The van der Waals surface area contributed by atoms with Gasteiger partial charge >= 0.3 is 5.97 Å². The van der Waals surface area contributed by atoms with Crippen LogP contribution in [0.5, 0.6) is 5.75 Å². The lowest BCUT2D eigenvalue weighted by atomic mass is 10.4. The lowest BCUT2D eigenvalue weighted by molar-refractivity contribution is 0.0738. The first-order valence-corrected chi connectivity index (χ1v) is 5.80. The second kappa shape index (κ2) is 4.55. The smallest absolute Gasteiger partial charge is 0.353 e.